The number of benzene rings is 1. The van der Waals surface area contributed by atoms with Crippen molar-refractivity contribution in [2.24, 2.45) is 0 Å². The molecule has 1 amide bonds. The van der Waals surface area contributed by atoms with Crippen LogP contribution in [0.2, 0.25) is 0 Å². The quantitative estimate of drug-likeness (QED) is 0.862. The number of nitrogens with one attached hydrogen (secondary N) is 1. The summed E-state index contributed by atoms with van der Waals surface area (Å²) in [6.45, 7) is 3.90. The number of likely N-dealkylation sites (tertiary alicyclic amines) is 1. The van der Waals surface area contributed by atoms with E-state index in [0.29, 0.717) is 0 Å². The predicted molar refractivity (Wildman–Crippen MR) is 92.1 cm³/mol. The lowest BCUT2D eigenvalue weighted by atomic mass is 10.3. The highest BCUT2D eigenvalue weighted by atomic mass is 32.2. The number of nitrogens with zero attached hydrogens (tertiary/aromatic N) is 1. The third-order valence-corrected chi connectivity index (χ3v) is 4.92. The third-order valence-electron chi connectivity index (χ3n) is 3.35. The molecule has 0 radical (unpaired) electrons. The van der Waals surface area contributed by atoms with Gasteiger partial charge in [0, 0.05) is 24.8 Å². The maximum atomic E-state index is 12.2. The molecule has 1 aromatic rings. The van der Waals surface area contributed by atoms with Crippen LogP contribution in [0.5, 0.6) is 5.75 Å². The van der Waals surface area contributed by atoms with Crippen molar-refractivity contribution in [2.45, 2.75) is 25.0 Å². The van der Waals surface area contributed by atoms with Crippen LogP contribution in [0.1, 0.15) is 19.8 Å². The maximum Gasteiger partial charge on any atom is 0.237 e. The molecule has 0 spiro atoms. The molecule has 21 heavy (non-hydrogen) atoms. The van der Waals surface area contributed by atoms with Gasteiger partial charge in [-0.3, -0.25) is 4.79 Å². The summed E-state index contributed by atoms with van der Waals surface area (Å²) in [5, 5.41) is 2.68. The SMILES string of the molecule is COc1cccc(NC(=O)[C@H](C)SC(=S)N2CCCC2)c1. The van der Waals surface area contributed by atoms with Gasteiger partial charge in [-0.2, -0.15) is 0 Å². The van der Waals surface area contributed by atoms with Gasteiger partial charge in [0.05, 0.1) is 12.4 Å². The molecule has 1 saturated heterocycles. The molecule has 2 rings (SSSR count). The molecule has 0 unspecified atom stereocenters. The molecule has 114 valence electrons. The maximum absolute atomic E-state index is 12.2. The molecule has 0 aliphatic carbocycles. The summed E-state index contributed by atoms with van der Waals surface area (Å²) in [4.78, 5) is 14.4. The Morgan fingerprint density at radius 3 is 2.81 bits per heavy atom. The van der Waals surface area contributed by atoms with Crippen LogP contribution in [0.25, 0.3) is 0 Å². The van der Waals surface area contributed by atoms with Crippen molar-refractivity contribution in [3.8, 4) is 5.75 Å². The van der Waals surface area contributed by atoms with Gasteiger partial charge in [-0.15, -0.1) is 0 Å². The van der Waals surface area contributed by atoms with Crippen molar-refractivity contribution in [2.75, 3.05) is 25.5 Å². The van der Waals surface area contributed by atoms with Crippen molar-refractivity contribution >= 4 is 39.9 Å². The number of anilines is 1. The van der Waals surface area contributed by atoms with Gasteiger partial charge in [-0.1, -0.05) is 30.0 Å². The van der Waals surface area contributed by atoms with Crippen LogP contribution in [0.15, 0.2) is 24.3 Å². The minimum absolute atomic E-state index is 0.0465. The van der Waals surface area contributed by atoms with Gasteiger partial charge in [-0.05, 0) is 31.9 Å². The van der Waals surface area contributed by atoms with E-state index < -0.39 is 0 Å². The summed E-state index contributed by atoms with van der Waals surface area (Å²) in [6, 6.07) is 7.34. The normalized spacial score (nSPS) is 15.6. The minimum Gasteiger partial charge on any atom is -0.497 e. The van der Waals surface area contributed by atoms with Crippen molar-refractivity contribution in [1.82, 2.24) is 4.90 Å². The smallest absolute Gasteiger partial charge is 0.237 e. The minimum atomic E-state index is -0.218. The molecule has 1 heterocycles. The van der Waals surface area contributed by atoms with Gasteiger partial charge >= 0.3 is 0 Å². The lowest BCUT2D eigenvalue weighted by molar-refractivity contribution is -0.115. The Labute approximate surface area is 135 Å². The van der Waals surface area contributed by atoms with Crippen LogP contribution in [0, 0.1) is 0 Å². The summed E-state index contributed by atoms with van der Waals surface area (Å²) >= 11 is 6.85. The van der Waals surface area contributed by atoms with Crippen LogP contribution in [0.3, 0.4) is 0 Å². The van der Waals surface area contributed by atoms with E-state index in [0.717, 1.165) is 28.8 Å². The summed E-state index contributed by atoms with van der Waals surface area (Å²) in [5.74, 6) is 0.676. The number of thioether (sulfide) groups is 1. The topological polar surface area (TPSA) is 41.6 Å². The van der Waals surface area contributed by atoms with Crippen molar-refractivity contribution in [1.29, 1.82) is 0 Å². The first kappa shape index (κ1) is 16.1. The Balaban J connectivity index is 1.88. The lowest BCUT2D eigenvalue weighted by Gasteiger charge is -2.20. The van der Waals surface area contributed by atoms with Crippen molar-refractivity contribution < 1.29 is 9.53 Å². The van der Waals surface area contributed by atoms with E-state index in [1.807, 2.05) is 25.1 Å². The molecular formula is C15H20N2O2S2. The Kier molecular flexibility index (Phi) is 5.87. The standard InChI is InChI=1S/C15H20N2O2S2/c1-11(21-15(20)17-8-3-4-9-17)14(18)16-12-6-5-7-13(10-12)19-2/h5-7,10-11H,3-4,8-9H2,1-2H3,(H,16,18)/t11-/m0/s1. The molecule has 1 aliphatic heterocycles. The third kappa shape index (κ3) is 4.61. The van der Waals surface area contributed by atoms with Gasteiger partial charge in [0.15, 0.2) is 0 Å². The van der Waals surface area contributed by atoms with E-state index in [4.69, 9.17) is 17.0 Å². The second-order valence-electron chi connectivity index (χ2n) is 4.94. The first-order chi connectivity index (χ1) is 10.1. The fraction of sp³-hybridized carbons (Fsp3) is 0.467. The van der Waals surface area contributed by atoms with E-state index in [2.05, 4.69) is 10.2 Å². The number of methoxy groups -OCH3 is 1. The molecule has 6 heteroatoms. The van der Waals surface area contributed by atoms with Gasteiger partial charge in [0.2, 0.25) is 5.91 Å². The predicted octanol–water partition coefficient (Wildman–Crippen LogP) is 3.14. The number of hydrogen-bond donors (Lipinski definition) is 1. The highest BCUT2D eigenvalue weighted by Crippen LogP contribution is 2.22. The van der Waals surface area contributed by atoms with Crippen LogP contribution >= 0.6 is 24.0 Å². The molecule has 0 bridgehead atoms. The van der Waals surface area contributed by atoms with Gasteiger partial charge in [0.25, 0.3) is 0 Å². The van der Waals surface area contributed by atoms with E-state index in [9.17, 15) is 4.79 Å². The van der Waals surface area contributed by atoms with Crippen LogP contribution in [0.4, 0.5) is 5.69 Å². The van der Waals surface area contributed by atoms with Crippen LogP contribution in [-0.4, -0.2) is 40.6 Å². The molecule has 1 N–H and O–H groups in total. The molecule has 0 saturated carbocycles. The van der Waals surface area contributed by atoms with Gasteiger partial charge in [0.1, 0.15) is 10.1 Å². The highest BCUT2D eigenvalue weighted by Gasteiger charge is 2.21. The molecule has 4 nitrogen and oxygen atoms in total. The summed E-state index contributed by atoms with van der Waals surface area (Å²) in [5.41, 5.74) is 0.735. The molecule has 0 aromatic heterocycles. The number of rotatable bonds is 4. The fourth-order valence-corrected chi connectivity index (χ4v) is 3.54. The second kappa shape index (κ2) is 7.66. The lowest BCUT2D eigenvalue weighted by Crippen LogP contribution is -2.29. The average molecular weight is 324 g/mol. The van der Waals surface area contributed by atoms with Gasteiger partial charge < -0.3 is 15.0 Å². The number of carbonyl (C=O) groups is 1. The number of hydrogen-bond acceptors (Lipinski definition) is 4. The van der Waals surface area contributed by atoms with Crippen LogP contribution < -0.4 is 10.1 Å². The highest BCUT2D eigenvalue weighted by molar-refractivity contribution is 8.23. The Morgan fingerprint density at radius 1 is 1.43 bits per heavy atom. The zero-order chi connectivity index (χ0) is 15.2. The number of thiocarbonyl (C=S) groups is 1. The molecule has 1 atom stereocenters. The Bertz CT molecular complexity index is 516. The molecule has 1 aliphatic rings. The second-order valence-corrected chi connectivity index (χ2v) is 6.92. The Hall–Kier alpha value is -1.27. The van der Waals surface area contributed by atoms with Crippen molar-refractivity contribution in [3.63, 3.8) is 0 Å². The first-order valence-corrected chi connectivity index (χ1v) is 8.29. The molecule has 1 fully saturated rings. The summed E-state index contributed by atoms with van der Waals surface area (Å²) < 4.78 is 5.97. The molecule has 1 aromatic carbocycles. The van der Waals surface area contributed by atoms with Crippen LogP contribution in [-0.2, 0) is 4.79 Å². The molecular weight excluding hydrogens is 304 g/mol. The van der Waals surface area contributed by atoms with Crippen molar-refractivity contribution in [3.05, 3.63) is 24.3 Å². The zero-order valence-corrected chi connectivity index (χ0v) is 13.9. The number of ether oxygens (including phenoxy) is 1. The van der Waals surface area contributed by atoms with Gasteiger partial charge in [-0.25, -0.2) is 0 Å². The summed E-state index contributed by atoms with van der Waals surface area (Å²) in [6.07, 6.45) is 2.37. The average Bonchev–Trinajstić information content (AvgIpc) is 3.01. The van der Waals surface area contributed by atoms with E-state index in [1.165, 1.54) is 24.6 Å². The number of carbonyl (C=O) groups excluding carboxylic acids is 1. The largest absolute Gasteiger partial charge is 0.497 e. The van der Waals surface area contributed by atoms with E-state index >= 15 is 0 Å². The van der Waals surface area contributed by atoms with E-state index in [1.54, 1.807) is 13.2 Å². The van der Waals surface area contributed by atoms with E-state index in [-0.39, 0.29) is 11.2 Å². The number of amides is 1. The Morgan fingerprint density at radius 2 is 2.14 bits per heavy atom. The zero-order valence-electron chi connectivity index (χ0n) is 12.3. The monoisotopic (exact) mass is 324 g/mol. The fourth-order valence-electron chi connectivity index (χ4n) is 2.12. The summed E-state index contributed by atoms with van der Waals surface area (Å²) in [7, 11) is 1.61. The first-order valence-electron chi connectivity index (χ1n) is 7.00.